The normalized spacial score (nSPS) is 20.3. The zero-order chi connectivity index (χ0) is 11.3. The van der Waals surface area contributed by atoms with Crippen LogP contribution in [0.5, 0.6) is 0 Å². The number of nitrogens with one attached hydrogen (secondary N) is 1. The fourth-order valence-electron chi connectivity index (χ4n) is 1.58. The van der Waals surface area contributed by atoms with Gasteiger partial charge in [-0.15, -0.1) is 0 Å². The Labute approximate surface area is 96.6 Å². The molecule has 1 heterocycles. The second-order valence-electron chi connectivity index (χ2n) is 4.57. The van der Waals surface area contributed by atoms with E-state index in [9.17, 15) is 4.79 Å². The summed E-state index contributed by atoms with van der Waals surface area (Å²) in [6.45, 7) is 4.10. The van der Waals surface area contributed by atoms with Crippen molar-refractivity contribution in [3.63, 3.8) is 0 Å². The number of rotatable bonds is 4. The number of hydrogen-bond acceptors (Lipinski definition) is 3. The van der Waals surface area contributed by atoms with Gasteiger partial charge in [-0.25, -0.2) is 0 Å². The number of carbonyl (C=O) groups is 1. The summed E-state index contributed by atoms with van der Waals surface area (Å²) in [7, 11) is 0. The van der Waals surface area contributed by atoms with Gasteiger partial charge in [-0.2, -0.15) is 11.8 Å². The first-order valence-corrected chi connectivity index (χ1v) is 6.87. The Kier molecular flexibility index (Phi) is 5.47. The van der Waals surface area contributed by atoms with E-state index in [1.54, 1.807) is 0 Å². The molecule has 1 fully saturated rings. The van der Waals surface area contributed by atoms with E-state index in [1.165, 1.54) is 11.5 Å². The lowest BCUT2D eigenvalue weighted by Gasteiger charge is -2.23. The fraction of sp³-hybridized carbons (Fsp3) is 0.909. The van der Waals surface area contributed by atoms with Crippen molar-refractivity contribution in [3.05, 3.63) is 0 Å². The van der Waals surface area contributed by atoms with Gasteiger partial charge in [0.05, 0.1) is 0 Å². The molecule has 4 heteroatoms. The standard InChI is InChI=1S/C11H22N2OS/c1-8(2)10(12)7-11(14)13-9-3-5-15-6-4-9/h8-10H,3-7,12H2,1-2H3,(H,13,14). The summed E-state index contributed by atoms with van der Waals surface area (Å²) < 4.78 is 0. The molecule has 0 radical (unpaired) electrons. The van der Waals surface area contributed by atoms with Gasteiger partial charge in [-0.05, 0) is 30.3 Å². The van der Waals surface area contributed by atoms with Crippen LogP contribution in [-0.4, -0.2) is 29.5 Å². The minimum Gasteiger partial charge on any atom is -0.353 e. The Bertz CT molecular complexity index is 203. The van der Waals surface area contributed by atoms with Crippen molar-refractivity contribution < 1.29 is 4.79 Å². The number of thioether (sulfide) groups is 1. The van der Waals surface area contributed by atoms with Gasteiger partial charge in [0.2, 0.25) is 5.91 Å². The van der Waals surface area contributed by atoms with E-state index in [2.05, 4.69) is 19.2 Å². The van der Waals surface area contributed by atoms with Gasteiger partial charge in [-0.3, -0.25) is 4.79 Å². The third-order valence-corrected chi connectivity index (χ3v) is 3.91. The van der Waals surface area contributed by atoms with E-state index >= 15 is 0 Å². The minimum absolute atomic E-state index is 0.0111. The fourth-order valence-corrected chi connectivity index (χ4v) is 2.68. The number of amides is 1. The molecule has 15 heavy (non-hydrogen) atoms. The summed E-state index contributed by atoms with van der Waals surface area (Å²) in [6, 6.07) is 0.376. The van der Waals surface area contributed by atoms with E-state index < -0.39 is 0 Å². The van der Waals surface area contributed by atoms with Crippen LogP contribution in [0.4, 0.5) is 0 Å². The molecule has 0 aromatic carbocycles. The average molecular weight is 230 g/mol. The zero-order valence-electron chi connectivity index (χ0n) is 9.66. The predicted molar refractivity (Wildman–Crippen MR) is 65.9 cm³/mol. The van der Waals surface area contributed by atoms with E-state index in [4.69, 9.17) is 5.73 Å². The van der Waals surface area contributed by atoms with E-state index in [0.717, 1.165) is 12.8 Å². The van der Waals surface area contributed by atoms with E-state index in [-0.39, 0.29) is 11.9 Å². The molecule has 1 aliphatic heterocycles. The Morgan fingerprint density at radius 3 is 2.60 bits per heavy atom. The van der Waals surface area contributed by atoms with Crippen LogP contribution >= 0.6 is 11.8 Å². The number of hydrogen-bond donors (Lipinski definition) is 2. The highest BCUT2D eigenvalue weighted by Crippen LogP contribution is 2.17. The predicted octanol–water partition coefficient (Wildman–Crippen LogP) is 1.37. The maximum absolute atomic E-state index is 11.6. The quantitative estimate of drug-likeness (QED) is 0.767. The molecule has 1 aliphatic rings. The smallest absolute Gasteiger partial charge is 0.221 e. The van der Waals surface area contributed by atoms with Crippen molar-refractivity contribution >= 4 is 17.7 Å². The summed E-state index contributed by atoms with van der Waals surface area (Å²) in [5.41, 5.74) is 5.86. The van der Waals surface area contributed by atoms with Crippen LogP contribution in [-0.2, 0) is 4.79 Å². The topological polar surface area (TPSA) is 55.1 Å². The van der Waals surface area contributed by atoms with Gasteiger partial charge in [0.15, 0.2) is 0 Å². The highest BCUT2D eigenvalue weighted by molar-refractivity contribution is 7.99. The van der Waals surface area contributed by atoms with Crippen molar-refractivity contribution in [1.29, 1.82) is 0 Å². The Balaban J connectivity index is 2.22. The van der Waals surface area contributed by atoms with Gasteiger partial charge in [0.1, 0.15) is 0 Å². The highest BCUT2D eigenvalue weighted by Gasteiger charge is 2.18. The molecule has 0 spiro atoms. The summed E-state index contributed by atoms with van der Waals surface area (Å²) in [6.07, 6.45) is 2.67. The summed E-state index contributed by atoms with van der Waals surface area (Å²) in [5.74, 6) is 2.83. The lowest BCUT2D eigenvalue weighted by molar-refractivity contribution is -0.122. The molecule has 0 aliphatic carbocycles. The van der Waals surface area contributed by atoms with Gasteiger partial charge >= 0.3 is 0 Å². The van der Waals surface area contributed by atoms with Crippen molar-refractivity contribution in [2.45, 2.75) is 45.2 Å². The third kappa shape index (κ3) is 4.89. The van der Waals surface area contributed by atoms with Gasteiger partial charge in [0, 0.05) is 18.5 Å². The van der Waals surface area contributed by atoms with Crippen LogP contribution < -0.4 is 11.1 Å². The molecule has 0 aromatic heterocycles. The van der Waals surface area contributed by atoms with Crippen molar-refractivity contribution in [2.75, 3.05) is 11.5 Å². The Morgan fingerprint density at radius 1 is 1.47 bits per heavy atom. The zero-order valence-corrected chi connectivity index (χ0v) is 10.5. The first kappa shape index (κ1) is 12.8. The molecule has 1 saturated heterocycles. The van der Waals surface area contributed by atoms with E-state index in [0.29, 0.717) is 18.4 Å². The molecule has 1 rings (SSSR count). The van der Waals surface area contributed by atoms with E-state index in [1.807, 2.05) is 11.8 Å². The van der Waals surface area contributed by atoms with Gasteiger partial charge in [0.25, 0.3) is 0 Å². The molecule has 3 N–H and O–H groups in total. The van der Waals surface area contributed by atoms with Crippen molar-refractivity contribution in [2.24, 2.45) is 11.7 Å². The monoisotopic (exact) mass is 230 g/mol. The summed E-state index contributed by atoms with van der Waals surface area (Å²) in [4.78, 5) is 11.6. The maximum atomic E-state index is 11.6. The molecule has 1 unspecified atom stereocenters. The van der Waals surface area contributed by atoms with Crippen molar-refractivity contribution in [1.82, 2.24) is 5.32 Å². The lowest BCUT2D eigenvalue weighted by atomic mass is 10.0. The number of carbonyl (C=O) groups excluding carboxylic acids is 1. The molecule has 0 bridgehead atoms. The van der Waals surface area contributed by atoms with Gasteiger partial charge < -0.3 is 11.1 Å². The molecule has 3 nitrogen and oxygen atoms in total. The minimum atomic E-state index is -0.0111. The molecule has 1 amide bonds. The Hall–Kier alpha value is -0.220. The second-order valence-corrected chi connectivity index (χ2v) is 5.79. The number of nitrogens with two attached hydrogens (primary N) is 1. The van der Waals surface area contributed by atoms with Crippen LogP contribution in [0.25, 0.3) is 0 Å². The van der Waals surface area contributed by atoms with Crippen LogP contribution in [0.2, 0.25) is 0 Å². The summed E-state index contributed by atoms with van der Waals surface area (Å²) in [5, 5.41) is 3.07. The molecular weight excluding hydrogens is 208 g/mol. The van der Waals surface area contributed by atoms with Crippen LogP contribution in [0.3, 0.4) is 0 Å². The SMILES string of the molecule is CC(C)C(N)CC(=O)NC1CCSCC1. The van der Waals surface area contributed by atoms with Crippen molar-refractivity contribution in [3.8, 4) is 0 Å². The van der Waals surface area contributed by atoms with Crippen LogP contribution in [0.15, 0.2) is 0 Å². The average Bonchev–Trinajstić information content (AvgIpc) is 2.18. The van der Waals surface area contributed by atoms with Crippen LogP contribution in [0, 0.1) is 5.92 Å². The Morgan fingerprint density at radius 2 is 2.07 bits per heavy atom. The molecule has 0 aromatic rings. The molecule has 88 valence electrons. The molecular formula is C11H22N2OS. The van der Waals surface area contributed by atoms with Crippen LogP contribution in [0.1, 0.15) is 33.1 Å². The lowest BCUT2D eigenvalue weighted by Crippen LogP contribution is -2.41. The molecule has 0 saturated carbocycles. The molecule has 1 atom stereocenters. The largest absolute Gasteiger partial charge is 0.353 e. The first-order valence-electron chi connectivity index (χ1n) is 5.72. The van der Waals surface area contributed by atoms with Gasteiger partial charge in [-0.1, -0.05) is 13.8 Å². The third-order valence-electron chi connectivity index (χ3n) is 2.86. The maximum Gasteiger partial charge on any atom is 0.221 e. The second kappa shape index (κ2) is 6.38. The first-order chi connectivity index (χ1) is 7.09. The summed E-state index contributed by atoms with van der Waals surface area (Å²) >= 11 is 1.97. The highest BCUT2D eigenvalue weighted by atomic mass is 32.2.